The molecule has 120 valence electrons. The van der Waals surface area contributed by atoms with Gasteiger partial charge in [-0.25, -0.2) is 9.18 Å². The van der Waals surface area contributed by atoms with Crippen LogP contribution in [0.2, 0.25) is 5.02 Å². The van der Waals surface area contributed by atoms with E-state index in [9.17, 15) is 14.0 Å². The lowest BCUT2D eigenvalue weighted by atomic mass is 10.1. The lowest BCUT2D eigenvalue weighted by Crippen LogP contribution is -2.13. The number of ether oxygens (including phenoxy) is 2. The Kier molecular flexibility index (Phi) is 5.18. The predicted molar refractivity (Wildman–Crippen MR) is 83.7 cm³/mol. The highest BCUT2D eigenvalue weighted by Crippen LogP contribution is 2.25. The Hall–Kier alpha value is -2.60. The van der Waals surface area contributed by atoms with Crippen molar-refractivity contribution in [2.75, 3.05) is 19.5 Å². The molecule has 0 aliphatic heterocycles. The van der Waals surface area contributed by atoms with Gasteiger partial charge >= 0.3 is 5.97 Å². The fraction of sp³-hybridized carbons (Fsp3) is 0.125. The molecule has 0 aliphatic rings. The zero-order valence-corrected chi connectivity index (χ0v) is 13.1. The molecule has 0 atom stereocenters. The zero-order valence-electron chi connectivity index (χ0n) is 12.4. The van der Waals surface area contributed by atoms with Gasteiger partial charge in [0.05, 0.1) is 30.5 Å². The number of nitrogens with one attached hydrogen (secondary N) is 1. The average molecular weight is 338 g/mol. The van der Waals surface area contributed by atoms with Crippen molar-refractivity contribution in [3.63, 3.8) is 0 Å². The molecule has 7 heteroatoms. The highest BCUT2D eigenvalue weighted by molar-refractivity contribution is 6.34. The third-order valence-electron chi connectivity index (χ3n) is 3.05. The van der Waals surface area contributed by atoms with Crippen LogP contribution in [0.5, 0.6) is 5.75 Å². The molecule has 0 aliphatic carbocycles. The fourth-order valence-electron chi connectivity index (χ4n) is 1.87. The standard InChI is InChI=1S/C16H13ClFNO4/c1-22-14-6-4-9(7-12(14)18)15(20)19-13-8-10(16(21)23-2)3-5-11(13)17/h3-8H,1-2H3,(H,19,20). The number of hydrogen-bond donors (Lipinski definition) is 1. The van der Waals surface area contributed by atoms with Crippen molar-refractivity contribution < 1.29 is 23.5 Å². The second-order valence-corrected chi connectivity index (χ2v) is 4.90. The van der Waals surface area contributed by atoms with Crippen LogP contribution in [0.1, 0.15) is 20.7 Å². The van der Waals surface area contributed by atoms with Crippen molar-refractivity contribution in [2.45, 2.75) is 0 Å². The molecule has 0 saturated carbocycles. The maximum Gasteiger partial charge on any atom is 0.337 e. The van der Waals surface area contributed by atoms with Gasteiger partial charge in [0.15, 0.2) is 11.6 Å². The predicted octanol–water partition coefficient (Wildman–Crippen LogP) is 3.53. The Balaban J connectivity index is 2.26. The van der Waals surface area contributed by atoms with Crippen LogP contribution in [0, 0.1) is 5.82 Å². The largest absolute Gasteiger partial charge is 0.494 e. The summed E-state index contributed by atoms with van der Waals surface area (Å²) in [5.41, 5.74) is 0.534. The molecule has 0 fully saturated rings. The molecular formula is C16H13ClFNO4. The van der Waals surface area contributed by atoms with E-state index >= 15 is 0 Å². The first kappa shape index (κ1) is 16.8. The summed E-state index contributed by atoms with van der Waals surface area (Å²) in [5.74, 6) is -1.76. The molecular weight excluding hydrogens is 325 g/mol. The molecule has 5 nitrogen and oxygen atoms in total. The van der Waals surface area contributed by atoms with E-state index < -0.39 is 17.7 Å². The molecule has 0 unspecified atom stereocenters. The summed E-state index contributed by atoms with van der Waals surface area (Å²) in [6.45, 7) is 0. The van der Waals surface area contributed by atoms with Crippen LogP contribution in [-0.4, -0.2) is 26.1 Å². The zero-order chi connectivity index (χ0) is 17.0. The molecule has 1 N–H and O–H groups in total. The highest BCUT2D eigenvalue weighted by Gasteiger charge is 2.14. The van der Waals surface area contributed by atoms with Crippen LogP contribution in [0.3, 0.4) is 0 Å². The second kappa shape index (κ2) is 7.11. The van der Waals surface area contributed by atoms with Gasteiger partial charge in [-0.05, 0) is 36.4 Å². The van der Waals surface area contributed by atoms with Gasteiger partial charge in [0.25, 0.3) is 5.91 Å². The van der Waals surface area contributed by atoms with Crippen LogP contribution >= 0.6 is 11.6 Å². The summed E-state index contributed by atoms with van der Waals surface area (Å²) in [5, 5.41) is 2.76. The van der Waals surface area contributed by atoms with E-state index in [0.29, 0.717) is 0 Å². The number of carbonyl (C=O) groups excluding carboxylic acids is 2. The van der Waals surface area contributed by atoms with Gasteiger partial charge in [-0.3, -0.25) is 4.79 Å². The Morgan fingerprint density at radius 1 is 1.09 bits per heavy atom. The van der Waals surface area contributed by atoms with Crippen LogP contribution in [0.25, 0.3) is 0 Å². The van der Waals surface area contributed by atoms with Gasteiger partial charge in [0.2, 0.25) is 0 Å². The number of amides is 1. The van der Waals surface area contributed by atoms with E-state index in [4.69, 9.17) is 16.3 Å². The maximum atomic E-state index is 13.7. The van der Waals surface area contributed by atoms with Gasteiger partial charge in [-0.15, -0.1) is 0 Å². The molecule has 0 bridgehead atoms. The van der Waals surface area contributed by atoms with Gasteiger partial charge in [-0.2, -0.15) is 0 Å². The smallest absolute Gasteiger partial charge is 0.337 e. The molecule has 0 radical (unpaired) electrons. The average Bonchev–Trinajstić information content (AvgIpc) is 2.55. The minimum Gasteiger partial charge on any atom is -0.494 e. The summed E-state index contributed by atoms with van der Waals surface area (Å²) < 4.78 is 23.0. The van der Waals surface area contributed by atoms with E-state index in [1.807, 2.05) is 0 Å². The second-order valence-electron chi connectivity index (χ2n) is 4.49. The molecule has 2 aromatic carbocycles. The van der Waals surface area contributed by atoms with Crippen molar-refractivity contribution in [2.24, 2.45) is 0 Å². The summed E-state index contributed by atoms with van der Waals surface area (Å²) in [6, 6.07) is 8.11. The molecule has 0 spiro atoms. The summed E-state index contributed by atoms with van der Waals surface area (Å²) in [6.07, 6.45) is 0. The van der Waals surface area contributed by atoms with Gasteiger partial charge in [0, 0.05) is 5.56 Å². The Morgan fingerprint density at radius 3 is 2.39 bits per heavy atom. The van der Waals surface area contributed by atoms with Crippen molar-refractivity contribution >= 4 is 29.2 Å². The lowest BCUT2D eigenvalue weighted by Gasteiger charge is -2.10. The molecule has 1 amide bonds. The van der Waals surface area contributed by atoms with E-state index in [0.717, 1.165) is 6.07 Å². The van der Waals surface area contributed by atoms with Crippen LogP contribution in [-0.2, 0) is 4.74 Å². The number of carbonyl (C=O) groups is 2. The molecule has 0 saturated heterocycles. The Bertz CT molecular complexity index is 764. The molecule has 0 aromatic heterocycles. The number of rotatable bonds is 4. The maximum absolute atomic E-state index is 13.7. The third-order valence-corrected chi connectivity index (χ3v) is 3.38. The van der Waals surface area contributed by atoms with Gasteiger partial charge in [-0.1, -0.05) is 11.6 Å². The number of esters is 1. The van der Waals surface area contributed by atoms with Gasteiger partial charge < -0.3 is 14.8 Å². The quantitative estimate of drug-likeness (QED) is 0.867. The molecule has 23 heavy (non-hydrogen) atoms. The first-order valence-electron chi connectivity index (χ1n) is 6.49. The first-order valence-corrected chi connectivity index (χ1v) is 6.86. The number of anilines is 1. The number of benzene rings is 2. The number of halogens is 2. The first-order chi connectivity index (χ1) is 11.0. The monoisotopic (exact) mass is 337 g/mol. The fourth-order valence-corrected chi connectivity index (χ4v) is 2.03. The minimum atomic E-state index is -0.658. The van der Waals surface area contributed by atoms with Crippen LogP contribution in [0.4, 0.5) is 10.1 Å². The molecule has 2 aromatic rings. The van der Waals surface area contributed by atoms with Crippen molar-refractivity contribution in [1.82, 2.24) is 0 Å². The normalized spacial score (nSPS) is 10.1. The summed E-state index contributed by atoms with van der Waals surface area (Å²) in [4.78, 5) is 23.7. The SMILES string of the molecule is COC(=O)c1ccc(Cl)c(NC(=O)c2ccc(OC)c(F)c2)c1. The molecule has 2 rings (SSSR count). The topological polar surface area (TPSA) is 64.6 Å². The van der Waals surface area contributed by atoms with Gasteiger partial charge in [0.1, 0.15) is 0 Å². The van der Waals surface area contributed by atoms with E-state index in [2.05, 4.69) is 10.1 Å². The van der Waals surface area contributed by atoms with Crippen molar-refractivity contribution in [3.8, 4) is 5.75 Å². The van der Waals surface area contributed by atoms with Crippen molar-refractivity contribution in [1.29, 1.82) is 0 Å². The third kappa shape index (κ3) is 3.78. The van der Waals surface area contributed by atoms with Crippen LogP contribution < -0.4 is 10.1 Å². The van der Waals surface area contributed by atoms with E-state index in [-0.39, 0.29) is 27.6 Å². The number of methoxy groups -OCH3 is 2. The highest BCUT2D eigenvalue weighted by atomic mass is 35.5. The minimum absolute atomic E-state index is 0.0345. The van der Waals surface area contributed by atoms with E-state index in [1.165, 1.54) is 44.6 Å². The van der Waals surface area contributed by atoms with E-state index in [1.54, 1.807) is 0 Å². The molecule has 0 heterocycles. The Labute approximate surface area is 137 Å². The van der Waals surface area contributed by atoms with Crippen molar-refractivity contribution in [3.05, 3.63) is 58.4 Å². The number of hydrogen-bond acceptors (Lipinski definition) is 4. The van der Waals surface area contributed by atoms with Crippen LogP contribution in [0.15, 0.2) is 36.4 Å². The Morgan fingerprint density at radius 2 is 1.78 bits per heavy atom. The lowest BCUT2D eigenvalue weighted by molar-refractivity contribution is 0.0600. The summed E-state index contributed by atoms with van der Waals surface area (Å²) in [7, 11) is 2.57. The summed E-state index contributed by atoms with van der Waals surface area (Å²) >= 11 is 5.99.